The summed E-state index contributed by atoms with van der Waals surface area (Å²) in [6.07, 6.45) is 0.673. The van der Waals surface area contributed by atoms with E-state index >= 15 is 0 Å². The predicted octanol–water partition coefficient (Wildman–Crippen LogP) is 3.13. The van der Waals surface area contributed by atoms with Crippen LogP contribution in [-0.4, -0.2) is 48.4 Å². The molecule has 0 aliphatic rings. The molecular formula is C30H38N6O4. The van der Waals surface area contributed by atoms with E-state index in [0.29, 0.717) is 18.7 Å². The number of benzene rings is 3. The second-order valence-electron chi connectivity index (χ2n) is 9.90. The highest BCUT2D eigenvalue weighted by Crippen LogP contribution is 2.25. The Morgan fingerprint density at radius 1 is 0.875 bits per heavy atom. The number of hydrogen-bond donors (Lipinski definition) is 6. The predicted molar refractivity (Wildman–Crippen MR) is 157 cm³/mol. The molecule has 7 N–H and O–H groups in total. The summed E-state index contributed by atoms with van der Waals surface area (Å²) in [6.45, 7) is 5.69. The van der Waals surface area contributed by atoms with Crippen molar-refractivity contribution in [3.63, 3.8) is 0 Å². The van der Waals surface area contributed by atoms with Crippen molar-refractivity contribution in [1.82, 2.24) is 16.0 Å². The molecule has 3 rings (SSSR count). The summed E-state index contributed by atoms with van der Waals surface area (Å²) in [6, 6.07) is 19.8. The molecule has 0 aliphatic carbocycles. The van der Waals surface area contributed by atoms with Gasteiger partial charge in [0, 0.05) is 17.6 Å². The van der Waals surface area contributed by atoms with Crippen LogP contribution in [0.5, 0.6) is 5.75 Å². The van der Waals surface area contributed by atoms with Gasteiger partial charge in [0.05, 0.1) is 0 Å². The number of para-hydroxylation sites is 1. The number of nitrogens with two attached hydrogens (primary N) is 1. The van der Waals surface area contributed by atoms with Crippen LogP contribution in [0.3, 0.4) is 0 Å². The van der Waals surface area contributed by atoms with E-state index in [1.807, 2.05) is 74.5 Å². The van der Waals surface area contributed by atoms with Gasteiger partial charge in [-0.25, -0.2) is 4.79 Å². The van der Waals surface area contributed by atoms with Crippen molar-refractivity contribution >= 4 is 40.2 Å². The van der Waals surface area contributed by atoms with Crippen LogP contribution in [0, 0.1) is 11.3 Å². The monoisotopic (exact) mass is 546 g/mol. The Hall–Kier alpha value is -4.60. The molecule has 0 radical (unpaired) electrons. The molecule has 0 aromatic heterocycles. The third kappa shape index (κ3) is 8.72. The number of guanidine groups is 1. The highest BCUT2D eigenvalue weighted by Gasteiger charge is 2.31. The largest absolute Gasteiger partial charge is 0.424 e. The minimum Gasteiger partial charge on any atom is -0.424 e. The first-order chi connectivity index (χ1) is 19.2. The highest BCUT2D eigenvalue weighted by atomic mass is 16.5. The van der Waals surface area contributed by atoms with E-state index in [1.54, 1.807) is 19.1 Å². The number of anilines is 1. The molecule has 3 aromatic rings. The summed E-state index contributed by atoms with van der Waals surface area (Å²) in [5.41, 5.74) is 6.15. The van der Waals surface area contributed by atoms with Crippen LogP contribution in [0.1, 0.15) is 33.6 Å². The van der Waals surface area contributed by atoms with E-state index in [0.717, 1.165) is 16.5 Å². The van der Waals surface area contributed by atoms with Gasteiger partial charge in [0.1, 0.15) is 23.9 Å². The molecule has 2 amide bonds. The summed E-state index contributed by atoms with van der Waals surface area (Å²) in [5.74, 6) is -1.51. The molecule has 0 aliphatic heterocycles. The van der Waals surface area contributed by atoms with Crippen LogP contribution in [0.25, 0.3) is 10.8 Å². The fourth-order valence-electron chi connectivity index (χ4n) is 4.17. The van der Waals surface area contributed by atoms with Crippen LogP contribution in [0.15, 0.2) is 72.8 Å². The number of hydrogen-bond acceptors (Lipinski definition) is 6. The first-order valence-electron chi connectivity index (χ1n) is 13.4. The molecule has 0 unspecified atom stereocenters. The van der Waals surface area contributed by atoms with Crippen molar-refractivity contribution in [3.05, 3.63) is 72.8 Å². The number of carbonyl (C=O) groups excluding carboxylic acids is 3. The smallest absolute Gasteiger partial charge is 0.334 e. The van der Waals surface area contributed by atoms with Crippen molar-refractivity contribution in [2.45, 2.75) is 51.7 Å². The molecule has 0 heterocycles. The van der Waals surface area contributed by atoms with Gasteiger partial charge in [0.2, 0.25) is 11.8 Å². The Kier molecular flexibility index (Phi) is 10.9. The third-order valence-corrected chi connectivity index (χ3v) is 6.34. The van der Waals surface area contributed by atoms with Crippen molar-refractivity contribution in [2.24, 2.45) is 11.7 Å². The summed E-state index contributed by atoms with van der Waals surface area (Å²) in [7, 11) is 0. The molecular weight excluding hydrogens is 508 g/mol. The molecule has 10 heteroatoms. The number of carbonyl (C=O) groups is 3. The Morgan fingerprint density at radius 2 is 1.55 bits per heavy atom. The molecule has 40 heavy (non-hydrogen) atoms. The quantitative estimate of drug-likeness (QED) is 0.0632. The van der Waals surface area contributed by atoms with Crippen molar-refractivity contribution in [3.8, 4) is 5.75 Å². The zero-order valence-electron chi connectivity index (χ0n) is 23.1. The van der Waals surface area contributed by atoms with Crippen LogP contribution < -0.4 is 31.7 Å². The Morgan fingerprint density at radius 3 is 2.25 bits per heavy atom. The standard InChI is InChI=1S/C30H38N6O4/c1-19(2)26(36-27(37)20(3)34-22-13-5-4-6-14-22)28(38)35-24(16-10-18-33-30(31)32)29(39)40-25-17-9-12-21-11-7-8-15-23(21)25/h4-9,11-15,17,19-20,24,26,34H,10,16,18H2,1-3H3,(H,35,38)(H,36,37)(H4,31,32,33)/t20-,24-,26-/m0/s1. The Balaban J connectivity index is 1.72. The summed E-state index contributed by atoms with van der Waals surface area (Å²) < 4.78 is 5.76. The molecule has 0 spiro atoms. The number of esters is 1. The van der Waals surface area contributed by atoms with Crippen molar-refractivity contribution in [2.75, 3.05) is 11.9 Å². The number of amides is 2. The lowest BCUT2D eigenvalue weighted by Gasteiger charge is -2.26. The van der Waals surface area contributed by atoms with E-state index in [9.17, 15) is 14.4 Å². The summed E-state index contributed by atoms with van der Waals surface area (Å²) in [4.78, 5) is 39.7. The number of rotatable bonds is 13. The van der Waals surface area contributed by atoms with Crippen LogP contribution in [0.2, 0.25) is 0 Å². The SMILES string of the molecule is CC(C)[C@H](NC(=O)[C@H](C)Nc1ccccc1)C(=O)N[C@@H](CCCNC(=N)N)C(=O)Oc1cccc2ccccc12. The number of ether oxygens (including phenoxy) is 1. The van der Waals surface area contributed by atoms with E-state index in [4.69, 9.17) is 15.9 Å². The van der Waals surface area contributed by atoms with Gasteiger partial charge in [-0.15, -0.1) is 0 Å². The van der Waals surface area contributed by atoms with Crippen molar-refractivity contribution in [1.29, 1.82) is 5.41 Å². The lowest BCUT2D eigenvalue weighted by atomic mass is 10.0. The van der Waals surface area contributed by atoms with Gasteiger partial charge in [-0.3, -0.25) is 15.0 Å². The molecule has 10 nitrogen and oxygen atoms in total. The van der Waals surface area contributed by atoms with Gasteiger partial charge in [-0.05, 0) is 49.3 Å². The Labute approximate surface area is 234 Å². The first-order valence-corrected chi connectivity index (χ1v) is 13.4. The highest BCUT2D eigenvalue weighted by molar-refractivity contribution is 5.94. The molecule has 0 saturated heterocycles. The van der Waals surface area contributed by atoms with Gasteiger partial charge < -0.3 is 31.7 Å². The van der Waals surface area contributed by atoms with Crippen LogP contribution in [0.4, 0.5) is 5.69 Å². The maximum Gasteiger partial charge on any atom is 0.334 e. The number of fused-ring (bicyclic) bond motifs is 1. The molecule has 0 bridgehead atoms. The molecule has 0 fully saturated rings. The van der Waals surface area contributed by atoms with Gasteiger partial charge in [0.15, 0.2) is 5.96 Å². The first kappa shape index (κ1) is 29.9. The molecule has 3 atom stereocenters. The van der Waals surface area contributed by atoms with E-state index < -0.39 is 30.0 Å². The minimum absolute atomic E-state index is 0.181. The molecule has 3 aromatic carbocycles. The summed E-state index contributed by atoms with van der Waals surface area (Å²) >= 11 is 0. The average molecular weight is 547 g/mol. The third-order valence-electron chi connectivity index (χ3n) is 6.34. The van der Waals surface area contributed by atoms with Gasteiger partial charge >= 0.3 is 5.97 Å². The van der Waals surface area contributed by atoms with E-state index in [2.05, 4.69) is 21.3 Å². The second kappa shape index (κ2) is 14.5. The zero-order chi connectivity index (χ0) is 29.1. The minimum atomic E-state index is -0.988. The van der Waals surface area contributed by atoms with E-state index in [1.165, 1.54) is 0 Å². The summed E-state index contributed by atoms with van der Waals surface area (Å²) in [5, 5.41) is 20.4. The topological polar surface area (TPSA) is 158 Å². The Bertz CT molecular complexity index is 1310. The maximum atomic E-state index is 13.4. The van der Waals surface area contributed by atoms with Gasteiger partial charge in [-0.2, -0.15) is 0 Å². The van der Waals surface area contributed by atoms with Crippen LogP contribution in [-0.2, 0) is 14.4 Å². The normalized spacial score (nSPS) is 13.1. The van der Waals surface area contributed by atoms with Gasteiger partial charge in [-0.1, -0.05) is 68.4 Å². The van der Waals surface area contributed by atoms with Crippen molar-refractivity contribution < 1.29 is 19.1 Å². The number of nitrogens with one attached hydrogen (secondary N) is 5. The second-order valence-corrected chi connectivity index (χ2v) is 9.90. The average Bonchev–Trinajstić information content (AvgIpc) is 2.93. The van der Waals surface area contributed by atoms with E-state index in [-0.39, 0.29) is 24.2 Å². The maximum absolute atomic E-state index is 13.4. The molecule has 212 valence electrons. The lowest BCUT2D eigenvalue weighted by Crippen LogP contribution is -2.56. The lowest BCUT2D eigenvalue weighted by molar-refractivity contribution is -0.140. The van der Waals surface area contributed by atoms with Crippen LogP contribution >= 0.6 is 0 Å². The fourth-order valence-corrected chi connectivity index (χ4v) is 4.17. The van der Waals surface area contributed by atoms with Gasteiger partial charge in [0.25, 0.3) is 0 Å². The zero-order valence-corrected chi connectivity index (χ0v) is 23.1. The fraction of sp³-hybridized carbons (Fsp3) is 0.333. The molecule has 0 saturated carbocycles.